The first-order chi connectivity index (χ1) is 9.01. The van der Waals surface area contributed by atoms with Crippen LogP contribution < -0.4 is 5.32 Å². The van der Waals surface area contributed by atoms with E-state index < -0.39 is 5.97 Å². The van der Waals surface area contributed by atoms with Gasteiger partial charge < -0.3 is 10.4 Å². The predicted octanol–water partition coefficient (Wildman–Crippen LogP) is 1.41. The molecule has 0 aromatic carbocycles. The second-order valence-corrected chi connectivity index (χ2v) is 5.14. The van der Waals surface area contributed by atoms with Gasteiger partial charge in [-0.2, -0.15) is 0 Å². The molecule has 1 amide bonds. The third kappa shape index (κ3) is 6.17. The van der Waals surface area contributed by atoms with Crippen LogP contribution in [0.25, 0.3) is 6.08 Å². The van der Waals surface area contributed by atoms with E-state index in [2.05, 4.69) is 5.32 Å². The van der Waals surface area contributed by atoms with Crippen molar-refractivity contribution in [2.75, 3.05) is 20.1 Å². The van der Waals surface area contributed by atoms with Gasteiger partial charge in [0.25, 0.3) is 0 Å². The largest absolute Gasteiger partial charge is 0.478 e. The average molecular weight is 282 g/mol. The van der Waals surface area contributed by atoms with Gasteiger partial charge in [-0.05, 0) is 37.1 Å². The Kier molecular flexibility index (Phi) is 6.24. The van der Waals surface area contributed by atoms with E-state index in [9.17, 15) is 9.59 Å². The van der Waals surface area contributed by atoms with Crippen molar-refractivity contribution in [3.8, 4) is 0 Å². The SMILES string of the molecule is CCNC(=O)CN(C)Cc1cc(C=CC(=O)O)cs1. The van der Waals surface area contributed by atoms with Crippen molar-refractivity contribution in [2.45, 2.75) is 13.5 Å². The zero-order valence-electron chi connectivity index (χ0n) is 11.0. The molecule has 0 unspecified atom stereocenters. The van der Waals surface area contributed by atoms with Crippen LogP contribution in [0.1, 0.15) is 17.4 Å². The summed E-state index contributed by atoms with van der Waals surface area (Å²) < 4.78 is 0. The monoisotopic (exact) mass is 282 g/mol. The zero-order chi connectivity index (χ0) is 14.3. The number of carbonyl (C=O) groups excluding carboxylic acids is 1. The lowest BCUT2D eigenvalue weighted by atomic mass is 10.3. The van der Waals surface area contributed by atoms with Crippen molar-refractivity contribution < 1.29 is 14.7 Å². The molecule has 0 radical (unpaired) electrons. The minimum absolute atomic E-state index is 0.00699. The van der Waals surface area contributed by atoms with Gasteiger partial charge in [-0.3, -0.25) is 9.69 Å². The van der Waals surface area contributed by atoms with Crippen LogP contribution in [0.3, 0.4) is 0 Å². The first-order valence-electron chi connectivity index (χ1n) is 5.95. The van der Waals surface area contributed by atoms with E-state index in [0.29, 0.717) is 19.6 Å². The van der Waals surface area contributed by atoms with Crippen LogP contribution in [0, 0.1) is 0 Å². The molecule has 0 aliphatic carbocycles. The van der Waals surface area contributed by atoms with Gasteiger partial charge in [0.15, 0.2) is 0 Å². The third-order valence-electron chi connectivity index (χ3n) is 2.31. The molecule has 0 spiro atoms. The fraction of sp³-hybridized carbons (Fsp3) is 0.385. The normalized spacial score (nSPS) is 11.1. The summed E-state index contributed by atoms with van der Waals surface area (Å²) >= 11 is 1.55. The van der Waals surface area contributed by atoms with Crippen LogP contribution >= 0.6 is 11.3 Å². The van der Waals surface area contributed by atoms with E-state index in [1.807, 2.05) is 30.3 Å². The molecule has 19 heavy (non-hydrogen) atoms. The van der Waals surface area contributed by atoms with Crippen LogP contribution in [0.5, 0.6) is 0 Å². The number of nitrogens with one attached hydrogen (secondary N) is 1. The van der Waals surface area contributed by atoms with Crippen molar-refractivity contribution in [1.29, 1.82) is 0 Å². The molecule has 0 saturated heterocycles. The number of likely N-dealkylation sites (N-methyl/N-ethyl adjacent to an activating group) is 2. The Balaban J connectivity index is 2.49. The maximum absolute atomic E-state index is 11.4. The lowest BCUT2D eigenvalue weighted by Gasteiger charge is -2.14. The summed E-state index contributed by atoms with van der Waals surface area (Å²) in [6.07, 6.45) is 2.68. The summed E-state index contributed by atoms with van der Waals surface area (Å²) in [6.45, 7) is 3.54. The first kappa shape index (κ1) is 15.4. The van der Waals surface area contributed by atoms with Crippen LogP contribution in [-0.4, -0.2) is 42.0 Å². The van der Waals surface area contributed by atoms with Crippen LogP contribution in [0.15, 0.2) is 17.5 Å². The summed E-state index contributed by atoms with van der Waals surface area (Å²) in [5.41, 5.74) is 0.869. The first-order valence-corrected chi connectivity index (χ1v) is 6.83. The van der Waals surface area contributed by atoms with Crippen molar-refractivity contribution in [1.82, 2.24) is 10.2 Å². The quantitative estimate of drug-likeness (QED) is 0.742. The standard InChI is InChI=1S/C13H18N2O3S/c1-3-14-12(16)8-15(2)7-11-6-10(9-19-11)4-5-13(17)18/h4-6,9H,3,7-8H2,1-2H3,(H,14,16)(H,17,18). The number of hydrogen-bond acceptors (Lipinski definition) is 4. The van der Waals surface area contributed by atoms with E-state index in [0.717, 1.165) is 16.5 Å². The Morgan fingerprint density at radius 2 is 2.26 bits per heavy atom. The molecule has 0 saturated carbocycles. The van der Waals surface area contributed by atoms with Gasteiger partial charge >= 0.3 is 5.97 Å². The Bertz CT molecular complexity index is 468. The molecule has 0 atom stereocenters. The molecule has 1 aromatic rings. The van der Waals surface area contributed by atoms with E-state index in [1.165, 1.54) is 0 Å². The van der Waals surface area contributed by atoms with Gasteiger partial charge in [0.2, 0.25) is 5.91 Å². The number of carboxylic acids is 1. The van der Waals surface area contributed by atoms with Crippen LogP contribution in [-0.2, 0) is 16.1 Å². The zero-order valence-corrected chi connectivity index (χ0v) is 11.9. The number of amides is 1. The number of thiophene rings is 1. The van der Waals surface area contributed by atoms with Gasteiger partial charge in [0, 0.05) is 24.0 Å². The molecule has 0 bridgehead atoms. The summed E-state index contributed by atoms with van der Waals surface area (Å²) in [5.74, 6) is -0.950. The number of hydrogen-bond donors (Lipinski definition) is 2. The molecule has 2 N–H and O–H groups in total. The van der Waals surface area contributed by atoms with Crippen molar-refractivity contribution in [2.24, 2.45) is 0 Å². The molecule has 1 heterocycles. The van der Waals surface area contributed by atoms with Crippen molar-refractivity contribution in [3.05, 3.63) is 28.0 Å². The molecule has 5 nitrogen and oxygen atoms in total. The highest BCUT2D eigenvalue weighted by Crippen LogP contribution is 2.17. The van der Waals surface area contributed by atoms with Gasteiger partial charge in [0.05, 0.1) is 6.54 Å². The number of carboxylic acid groups (broad SMARTS) is 1. The summed E-state index contributed by atoms with van der Waals surface area (Å²) in [7, 11) is 1.88. The Hall–Kier alpha value is -1.66. The van der Waals surface area contributed by atoms with Crippen LogP contribution in [0.2, 0.25) is 0 Å². The molecule has 1 rings (SSSR count). The van der Waals surface area contributed by atoms with Gasteiger partial charge in [0.1, 0.15) is 0 Å². The number of aliphatic carboxylic acids is 1. The molecular formula is C13H18N2O3S. The Morgan fingerprint density at radius 1 is 1.53 bits per heavy atom. The lowest BCUT2D eigenvalue weighted by molar-refractivity contribution is -0.131. The van der Waals surface area contributed by atoms with E-state index in [-0.39, 0.29) is 5.91 Å². The second-order valence-electron chi connectivity index (χ2n) is 4.14. The van der Waals surface area contributed by atoms with E-state index in [1.54, 1.807) is 17.4 Å². The summed E-state index contributed by atoms with van der Waals surface area (Å²) in [4.78, 5) is 24.8. The fourth-order valence-electron chi connectivity index (χ4n) is 1.56. The summed E-state index contributed by atoms with van der Waals surface area (Å²) in [5, 5.41) is 13.2. The molecule has 0 fully saturated rings. The lowest BCUT2D eigenvalue weighted by Crippen LogP contribution is -2.34. The highest BCUT2D eigenvalue weighted by Gasteiger charge is 2.07. The van der Waals surface area contributed by atoms with Crippen molar-refractivity contribution in [3.63, 3.8) is 0 Å². The predicted molar refractivity (Wildman–Crippen MR) is 76.0 cm³/mol. The number of rotatable bonds is 7. The maximum atomic E-state index is 11.4. The molecule has 104 valence electrons. The van der Waals surface area contributed by atoms with E-state index in [4.69, 9.17) is 5.11 Å². The Labute approximate surface area is 116 Å². The maximum Gasteiger partial charge on any atom is 0.328 e. The van der Waals surface area contributed by atoms with Gasteiger partial charge in [-0.25, -0.2) is 4.79 Å². The highest BCUT2D eigenvalue weighted by molar-refractivity contribution is 7.10. The van der Waals surface area contributed by atoms with Crippen LogP contribution in [0.4, 0.5) is 0 Å². The number of nitrogens with zero attached hydrogens (tertiary/aromatic N) is 1. The third-order valence-corrected chi connectivity index (χ3v) is 3.25. The van der Waals surface area contributed by atoms with Gasteiger partial charge in [-0.15, -0.1) is 11.3 Å². The minimum atomic E-state index is -0.957. The summed E-state index contributed by atoms with van der Waals surface area (Å²) in [6, 6.07) is 1.93. The average Bonchev–Trinajstić information content (AvgIpc) is 2.74. The molecule has 1 aromatic heterocycles. The molecule has 0 aliphatic heterocycles. The van der Waals surface area contributed by atoms with E-state index >= 15 is 0 Å². The van der Waals surface area contributed by atoms with Gasteiger partial charge in [-0.1, -0.05) is 0 Å². The number of carbonyl (C=O) groups is 2. The molecular weight excluding hydrogens is 264 g/mol. The fourth-order valence-corrected chi connectivity index (χ4v) is 2.49. The Morgan fingerprint density at radius 3 is 2.89 bits per heavy atom. The second kappa shape index (κ2) is 7.70. The minimum Gasteiger partial charge on any atom is -0.478 e. The molecule has 0 aliphatic rings. The smallest absolute Gasteiger partial charge is 0.328 e. The topological polar surface area (TPSA) is 69.6 Å². The van der Waals surface area contributed by atoms with Crippen molar-refractivity contribution >= 4 is 29.3 Å². The molecule has 6 heteroatoms. The highest BCUT2D eigenvalue weighted by atomic mass is 32.1.